The number of hydrogen-bond acceptors (Lipinski definition) is 6. The van der Waals surface area contributed by atoms with E-state index in [0.29, 0.717) is 0 Å². The normalized spacial score (nSPS) is 30.0. The molecule has 6 heteroatoms. The summed E-state index contributed by atoms with van der Waals surface area (Å²) in [7, 11) is 0. The molecule has 5 rings (SSSR count). The highest BCUT2D eigenvalue weighted by atomic mass is 32.2. The van der Waals surface area contributed by atoms with Crippen LogP contribution in [-0.2, 0) is 0 Å². The van der Waals surface area contributed by atoms with Crippen LogP contribution in [0.25, 0.3) is 0 Å². The predicted molar refractivity (Wildman–Crippen MR) is 111 cm³/mol. The summed E-state index contributed by atoms with van der Waals surface area (Å²) in [5, 5.41) is 0. The van der Waals surface area contributed by atoms with Gasteiger partial charge < -0.3 is 9.44 Å². The molecule has 0 amide bonds. The van der Waals surface area contributed by atoms with E-state index < -0.39 is 0 Å². The Morgan fingerprint density at radius 1 is 0.615 bits per heavy atom. The van der Waals surface area contributed by atoms with E-state index in [1.807, 2.05) is 12.1 Å². The van der Waals surface area contributed by atoms with Crippen molar-refractivity contribution >= 4 is 35.6 Å². The third-order valence-electron chi connectivity index (χ3n) is 5.21. The zero-order valence-electron chi connectivity index (χ0n) is 14.3. The molecule has 2 spiro atoms. The predicted octanol–water partition coefficient (Wildman–Crippen LogP) is 4.35. The summed E-state index contributed by atoms with van der Waals surface area (Å²) < 4.78 is 6.91. The molecule has 4 nitrogen and oxygen atoms in total. The number of amidine groups is 2. The van der Waals surface area contributed by atoms with Crippen LogP contribution in [0.1, 0.15) is 36.8 Å². The van der Waals surface area contributed by atoms with Crippen LogP contribution in [0, 0.1) is 0 Å². The summed E-state index contributed by atoms with van der Waals surface area (Å²) in [6.07, 6.45) is 4.17. The third kappa shape index (κ3) is 2.91. The van der Waals surface area contributed by atoms with Gasteiger partial charge in [0.1, 0.15) is 21.4 Å². The molecule has 3 aliphatic rings. The fraction of sp³-hybridized carbons (Fsp3) is 0.300. The molecule has 2 aromatic rings. The molecule has 2 N–H and O–H groups in total. The summed E-state index contributed by atoms with van der Waals surface area (Å²) in [6.45, 7) is 0. The van der Waals surface area contributed by atoms with Gasteiger partial charge in [-0.2, -0.15) is 0 Å². The van der Waals surface area contributed by atoms with Crippen molar-refractivity contribution in [1.82, 2.24) is 9.44 Å². The van der Waals surface area contributed by atoms with Crippen molar-refractivity contribution in [3.05, 3.63) is 71.8 Å². The van der Waals surface area contributed by atoms with Crippen molar-refractivity contribution in [3.8, 4) is 0 Å². The van der Waals surface area contributed by atoms with E-state index in [0.717, 1.165) is 37.4 Å². The van der Waals surface area contributed by atoms with Gasteiger partial charge in [-0.25, -0.2) is 9.98 Å². The molecule has 26 heavy (non-hydrogen) atoms. The average molecular weight is 381 g/mol. The van der Waals surface area contributed by atoms with Gasteiger partial charge in [-0.1, -0.05) is 60.7 Å². The Bertz CT molecular complexity index is 782. The number of nitrogens with zero attached hydrogens (tertiary/aromatic N) is 2. The van der Waals surface area contributed by atoms with E-state index in [2.05, 4.69) is 58.0 Å². The molecule has 1 aliphatic carbocycles. The van der Waals surface area contributed by atoms with E-state index in [9.17, 15) is 0 Å². The SMILES string of the molecule is c1ccc(C2=NC3(CCC4(CC3)N=C(c3ccccc3)NS4)SN2)cc1. The maximum atomic E-state index is 5.07. The Hall–Kier alpha value is -1.92. The molecule has 0 saturated heterocycles. The summed E-state index contributed by atoms with van der Waals surface area (Å²) in [5.41, 5.74) is 2.33. The van der Waals surface area contributed by atoms with Crippen LogP contribution < -0.4 is 9.44 Å². The minimum absolute atomic E-state index is 0.0397. The zero-order valence-corrected chi connectivity index (χ0v) is 15.9. The maximum Gasteiger partial charge on any atom is 0.139 e. The summed E-state index contributed by atoms with van der Waals surface area (Å²) in [4.78, 5) is 10.1. The maximum absolute atomic E-state index is 5.07. The van der Waals surface area contributed by atoms with Crippen molar-refractivity contribution in [1.29, 1.82) is 0 Å². The van der Waals surface area contributed by atoms with Crippen LogP contribution in [0.5, 0.6) is 0 Å². The van der Waals surface area contributed by atoms with E-state index in [1.165, 1.54) is 11.1 Å². The monoisotopic (exact) mass is 380 g/mol. The van der Waals surface area contributed by atoms with E-state index in [-0.39, 0.29) is 9.74 Å². The van der Waals surface area contributed by atoms with Crippen LogP contribution >= 0.6 is 23.9 Å². The highest BCUT2D eigenvalue weighted by Crippen LogP contribution is 2.52. The zero-order chi connectivity index (χ0) is 17.5. The molecule has 0 unspecified atom stereocenters. The van der Waals surface area contributed by atoms with Gasteiger partial charge in [0.25, 0.3) is 0 Å². The molecular weight excluding hydrogens is 360 g/mol. The molecule has 2 aliphatic heterocycles. The van der Waals surface area contributed by atoms with Gasteiger partial charge in [-0.15, -0.1) is 0 Å². The lowest BCUT2D eigenvalue weighted by molar-refractivity contribution is 0.350. The second-order valence-corrected chi connectivity index (χ2v) is 9.29. The molecule has 2 aromatic carbocycles. The molecule has 132 valence electrons. The molecule has 1 saturated carbocycles. The molecule has 0 bridgehead atoms. The van der Waals surface area contributed by atoms with Gasteiger partial charge in [0.15, 0.2) is 0 Å². The number of hydrogen-bond donors (Lipinski definition) is 2. The Labute approximate surface area is 162 Å². The fourth-order valence-electron chi connectivity index (χ4n) is 3.68. The second-order valence-electron chi connectivity index (χ2n) is 6.95. The topological polar surface area (TPSA) is 48.8 Å². The summed E-state index contributed by atoms with van der Waals surface area (Å²) >= 11 is 3.55. The largest absolute Gasteiger partial charge is 0.312 e. The van der Waals surface area contributed by atoms with Gasteiger partial charge >= 0.3 is 0 Å². The molecule has 2 heterocycles. The van der Waals surface area contributed by atoms with Crippen LogP contribution in [0.2, 0.25) is 0 Å². The van der Waals surface area contributed by atoms with Crippen LogP contribution in [0.4, 0.5) is 0 Å². The molecular formula is C20H20N4S2. The Kier molecular flexibility index (Phi) is 3.98. The number of rotatable bonds is 2. The van der Waals surface area contributed by atoms with Crippen molar-refractivity contribution in [2.75, 3.05) is 0 Å². The van der Waals surface area contributed by atoms with Crippen molar-refractivity contribution in [2.45, 2.75) is 35.4 Å². The first kappa shape index (κ1) is 16.3. The lowest BCUT2D eigenvalue weighted by atomic mass is 9.90. The van der Waals surface area contributed by atoms with E-state index in [4.69, 9.17) is 9.98 Å². The lowest BCUT2D eigenvalue weighted by Gasteiger charge is -2.36. The number of nitrogens with one attached hydrogen (secondary N) is 2. The van der Waals surface area contributed by atoms with Crippen LogP contribution in [-0.4, -0.2) is 21.4 Å². The Morgan fingerprint density at radius 3 is 1.38 bits per heavy atom. The summed E-state index contributed by atoms with van der Waals surface area (Å²) in [5.74, 6) is 2.02. The quantitative estimate of drug-likeness (QED) is 0.761. The van der Waals surface area contributed by atoms with Gasteiger partial charge in [-0.05, 0) is 49.6 Å². The molecule has 0 radical (unpaired) electrons. The second kappa shape index (κ2) is 6.35. The van der Waals surface area contributed by atoms with Crippen molar-refractivity contribution < 1.29 is 0 Å². The first-order valence-corrected chi connectivity index (χ1v) is 10.6. The van der Waals surface area contributed by atoms with Gasteiger partial charge in [0, 0.05) is 11.1 Å². The standard InChI is InChI=1S/C20H20N4S2/c1-3-7-15(8-4-1)17-21-19(25-23-17)11-13-20(14-12-19)22-18(24-26-20)16-9-5-2-6-10-16/h1-10H,11-14H2,(H,21,23)(H,22,24). The molecule has 1 fully saturated rings. The lowest BCUT2D eigenvalue weighted by Crippen LogP contribution is -2.35. The van der Waals surface area contributed by atoms with E-state index >= 15 is 0 Å². The minimum atomic E-state index is -0.0397. The Balaban J connectivity index is 1.33. The smallest absolute Gasteiger partial charge is 0.139 e. The minimum Gasteiger partial charge on any atom is -0.312 e. The number of aliphatic imine (C=N–C) groups is 2. The number of benzene rings is 2. The van der Waals surface area contributed by atoms with Crippen molar-refractivity contribution in [3.63, 3.8) is 0 Å². The molecule has 0 aromatic heterocycles. The average Bonchev–Trinajstić information content (AvgIpc) is 3.32. The highest BCUT2D eigenvalue weighted by molar-refractivity contribution is 8.00. The first-order chi connectivity index (χ1) is 12.8. The van der Waals surface area contributed by atoms with Gasteiger partial charge in [0.2, 0.25) is 0 Å². The van der Waals surface area contributed by atoms with E-state index in [1.54, 1.807) is 23.9 Å². The third-order valence-corrected chi connectivity index (χ3v) is 7.56. The van der Waals surface area contributed by atoms with Crippen molar-refractivity contribution in [2.24, 2.45) is 9.98 Å². The van der Waals surface area contributed by atoms with Crippen LogP contribution in [0.15, 0.2) is 70.6 Å². The van der Waals surface area contributed by atoms with Gasteiger partial charge in [-0.3, -0.25) is 0 Å². The fourth-order valence-corrected chi connectivity index (χ4v) is 5.67. The highest BCUT2D eigenvalue weighted by Gasteiger charge is 2.48. The van der Waals surface area contributed by atoms with Crippen LogP contribution in [0.3, 0.4) is 0 Å². The first-order valence-electron chi connectivity index (χ1n) is 8.95. The van der Waals surface area contributed by atoms with Gasteiger partial charge in [0.05, 0.1) is 0 Å². The Morgan fingerprint density at radius 2 is 1.00 bits per heavy atom. The summed E-state index contributed by atoms with van der Waals surface area (Å²) in [6, 6.07) is 20.8. The molecule has 0 atom stereocenters.